The monoisotopic (exact) mass is 306 g/mol. The highest BCUT2D eigenvalue weighted by Crippen LogP contribution is 2.33. The number of benzene rings is 1. The van der Waals surface area contributed by atoms with Gasteiger partial charge in [0.25, 0.3) is 0 Å². The molecule has 0 spiro atoms. The van der Waals surface area contributed by atoms with E-state index in [1.807, 2.05) is 19.1 Å². The minimum Gasteiger partial charge on any atom is -0.399 e. The molecule has 0 bridgehead atoms. The molecule has 1 aromatic rings. The number of hydrogen-bond donors (Lipinski definition) is 2. The summed E-state index contributed by atoms with van der Waals surface area (Å²) in [4.78, 5) is 12.6. The van der Waals surface area contributed by atoms with Crippen molar-refractivity contribution < 1.29 is 9.53 Å². The first-order valence-corrected chi connectivity index (χ1v) is 7.94. The van der Waals surface area contributed by atoms with Gasteiger partial charge in [-0.25, -0.2) is 0 Å². The van der Waals surface area contributed by atoms with Crippen LogP contribution in [0.15, 0.2) is 24.3 Å². The molecule has 0 aliphatic rings. The van der Waals surface area contributed by atoms with Crippen LogP contribution in [0.25, 0.3) is 0 Å². The summed E-state index contributed by atoms with van der Waals surface area (Å²) >= 11 is 0. The number of methoxy groups -OCH3 is 1. The predicted octanol–water partition coefficient (Wildman–Crippen LogP) is 3.93. The summed E-state index contributed by atoms with van der Waals surface area (Å²) in [5.74, 6) is 0.445. The standard InChI is InChI=1S/C18H30N2O2/c1-7-16(12(2)13(3)18(4,5)22-6)17(21)20-15-10-8-9-14(19)11-15/h8-13,16H,7,19H2,1-6H3,(H,20,21)/t12-,13?,16?/m0/s1. The van der Waals surface area contributed by atoms with E-state index in [1.165, 1.54) is 0 Å². The van der Waals surface area contributed by atoms with Gasteiger partial charge in [0.15, 0.2) is 0 Å². The number of anilines is 2. The summed E-state index contributed by atoms with van der Waals surface area (Å²) in [5.41, 5.74) is 6.89. The zero-order valence-corrected chi connectivity index (χ0v) is 14.6. The Labute approximate surface area is 134 Å². The highest BCUT2D eigenvalue weighted by Gasteiger charge is 2.36. The number of nitrogen functional groups attached to an aromatic ring is 1. The average molecular weight is 306 g/mol. The molecule has 3 N–H and O–H groups in total. The van der Waals surface area contributed by atoms with Crippen molar-refractivity contribution in [2.24, 2.45) is 17.8 Å². The fourth-order valence-electron chi connectivity index (χ4n) is 2.81. The van der Waals surface area contributed by atoms with Gasteiger partial charge in [-0.1, -0.05) is 26.8 Å². The molecular weight excluding hydrogens is 276 g/mol. The Morgan fingerprint density at radius 3 is 2.50 bits per heavy atom. The van der Waals surface area contributed by atoms with Crippen molar-refractivity contribution in [2.75, 3.05) is 18.2 Å². The lowest BCUT2D eigenvalue weighted by atomic mass is 9.74. The Kier molecular flexibility index (Phi) is 6.42. The Balaban J connectivity index is 2.84. The number of carbonyl (C=O) groups is 1. The maximum Gasteiger partial charge on any atom is 0.227 e. The van der Waals surface area contributed by atoms with Gasteiger partial charge in [0.05, 0.1) is 5.60 Å². The molecule has 4 nitrogen and oxygen atoms in total. The molecule has 3 atom stereocenters. The van der Waals surface area contributed by atoms with E-state index in [9.17, 15) is 4.79 Å². The SMILES string of the molecule is CCC(C(=O)Nc1cccc(N)c1)[C@@H](C)C(C)C(C)(C)OC. The molecule has 0 radical (unpaired) electrons. The van der Waals surface area contributed by atoms with Crippen LogP contribution in [0.3, 0.4) is 0 Å². The van der Waals surface area contributed by atoms with Crippen molar-refractivity contribution in [3.8, 4) is 0 Å². The largest absolute Gasteiger partial charge is 0.399 e. The van der Waals surface area contributed by atoms with Gasteiger partial charge in [-0.05, 0) is 50.3 Å². The van der Waals surface area contributed by atoms with Crippen molar-refractivity contribution in [2.45, 2.75) is 46.6 Å². The normalized spacial score (nSPS) is 15.9. The van der Waals surface area contributed by atoms with Crippen LogP contribution in [-0.2, 0) is 9.53 Å². The van der Waals surface area contributed by atoms with E-state index in [2.05, 4.69) is 33.0 Å². The van der Waals surface area contributed by atoms with Crippen LogP contribution in [-0.4, -0.2) is 18.6 Å². The second-order valence-corrected chi connectivity index (χ2v) is 6.58. The molecule has 0 saturated heterocycles. The van der Waals surface area contributed by atoms with Crippen molar-refractivity contribution in [1.29, 1.82) is 0 Å². The first-order valence-electron chi connectivity index (χ1n) is 7.94. The smallest absolute Gasteiger partial charge is 0.227 e. The molecular formula is C18H30N2O2. The third kappa shape index (κ3) is 4.47. The maximum atomic E-state index is 12.6. The molecule has 0 heterocycles. The van der Waals surface area contributed by atoms with Crippen LogP contribution < -0.4 is 11.1 Å². The maximum absolute atomic E-state index is 12.6. The van der Waals surface area contributed by atoms with Gasteiger partial charge in [-0.2, -0.15) is 0 Å². The zero-order valence-electron chi connectivity index (χ0n) is 14.6. The molecule has 0 saturated carbocycles. The van der Waals surface area contributed by atoms with Crippen LogP contribution in [0.5, 0.6) is 0 Å². The molecule has 0 fully saturated rings. The fourth-order valence-corrected chi connectivity index (χ4v) is 2.81. The van der Waals surface area contributed by atoms with Crippen LogP contribution in [0, 0.1) is 17.8 Å². The summed E-state index contributed by atoms with van der Waals surface area (Å²) in [6.45, 7) is 10.4. The molecule has 22 heavy (non-hydrogen) atoms. The molecule has 1 rings (SSSR count). The van der Waals surface area contributed by atoms with Gasteiger partial charge < -0.3 is 15.8 Å². The molecule has 4 heteroatoms. The van der Waals surface area contributed by atoms with Crippen molar-refractivity contribution in [3.05, 3.63) is 24.3 Å². The van der Waals surface area contributed by atoms with Crippen molar-refractivity contribution in [3.63, 3.8) is 0 Å². The van der Waals surface area contributed by atoms with Crippen molar-refractivity contribution >= 4 is 17.3 Å². The number of nitrogens with two attached hydrogens (primary N) is 1. The average Bonchev–Trinajstić information content (AvgIpc) is 2.47. The Hall–Kier alpha value is -1.55. The van der Waals surface area contributed by atoms with E-state index in [0.717, 1.165) is 12.1 Å². The minimum atomic E-state index is -0.260. The van der Waals surface area contributed by atoms with Crippen LogP contribution in [0.2, 0.25) is 0 Å². The molecule has 124 valence electrons. The van der Waals surface area contributed by atoms with Crippen LogP contribution >= 0.6 is 0 Å². The topological polar surface area (TPSA) is 64.4 Å². The lowest BCUT2D eigenvalue weighted by Gasteiger charge is -2.37. The first-order chi connectivity index (χ1) is 10.2. The predicted molar refractivity (Wildman–Crippen MR) is 92.7 cm³/mol. The summed E-state index contributed by atoms with van der Waals surface area (Å²) in [6, 6.07) is 7.27. The zero-order chi connectivity index (χ0) is 16.9. The molecule has 0 aliphatic carbocycles. The first kappa shape index (κ1) is 18.5. The lowest BCUT2D eigenvalue weighted by Crippen LogP contribution is -2.41. The minimum absolute atomic E-state index is 0.0411. The van der Waals surface area contributed by atoms with Gasteiger partial charge in [0, 0.05) is 24.4 Å². The molecule has 0 aliphatic heterocycles. The van der Waals surface area contributed by atoms with Gasteiger partial charge in [-0.15, -0.1) is 0 Å². The number of rotatable bonds is 7. The number of ether oxygens (including phenoxy) is 1. The second-order valence-electron chi connectivity index (χ2n) is 6.58. The number of nitrogens with one attached hydrogen (secondary N) is 1. The Morgan fingerprint density at radius 1 is 1.36 bits per heavy atom. The number of hydrogen-bond acceptors (Lipinski definition) is 3. The van der Waals surface area contributed by atoms with E-state index in [1.54, 1.807) is 19.2 Å². The summed E-state index contributed by atoms with van der Waals surface area (Å²) < 4.78 is 5.58. The fraction of sp³-hybridized carbons (Fsp3) is 0.611. The van der Waals surface area contributed by atoms with Crippen LogP contribution in [0.4, 0.5) is 11.4 Å². The van der Waals surface area contributed by atoms with Crippen LogP contribution in [0.1, 0.15) is 41.0 Å². The van der Waals surface area contributed by atoms with E-state index >= 15 is 0 Å². The lowest BCUT2D eigenvalue weighted by molar-refractivity contribution is -0.124. The molecule has 1 aromatic carbocycles. The summed E-state index contributed by atoms with van der Waals surface area (Å²) in [5, 5.41) is 2.98. The number of amides is 1. The highest BCUT2D eigenvalue weighted by atomic mass is 16.5. The van der Waals surface area contributed by atoms with E-state index in [0.29, 0.717) is 5.69 Å². The van der Waals surface area contributed by atoms with Gasteiger partial charge in [0.1, 0.15) is 0 Å². The molecule has 2 unspecified atom stereocenters. The number of carbonyl (C=O) groups excluding carboxylic acids is 1. The van der Waals surface area contributed by atoms with Gasteiger partial charge in [-0.3, -0.25) is 4.79 Å². The Bertz CT molecular complexity index is 500. The quantitative estimate of drug-likeness (QED) is 0.750. The third-order valence-electron chi connectivity index (χ3n) is 4.98. The van der Waals surface area contributed by atoms with E-state index in [4.69, 9.17) is 10.5 Å². The Morgan fingerprint density at radius 2 is 2.00 bits per heavy atom. The van der Waals surface area contributed by atoms with Gasteiger partial charge >= 0.3 is 0 Å². The molecule has 1 amide bonds. The van der Waals surface area contributed by atoms with Gasteiger partial charge in [0.2, 0.25) is 5.91 Å². The second kappa shape index (κ2) is 7.63. The van der Waals surface area contributed by atoms with E-state index in [-0.39, 0.29) is 29.3 Å². The van der Waals surface area contributed by atoms with Crippen molar-refractivity contribution in [1.82, 2.24) is 0 Å². The summed E-state index contributed by atoms with van der Waals surface area (Å²) in [6.07, 6.45) is 0.791. The van der Waals surface area contributed by atoms with E-state index < -0.39 is 0 Å². The third-order valence-corrected chi connectivity index (χ3v) is 4.98. The molecule has 0 aromatic heterocycles. The highest BCUT2D eigenvalue weighted by molar-refractivity contribution is 5.93. The summed E-state index contributed by atoms with van der Waals surface area (Å²) in [7, 11) is 1.72.